The smallest absolute Gasteiger partial charge is 0.243 e. The highest BCUT2D eigenvalue weighted by Crippen LogP contribution is 2.35. The number of hydrogen-bond donors (Lipinski definition) is 2. The summed E-state index contributed by atoms with van der Waals surface area (Å²) in [6, 6.07) is 9.83. The van der Waals surface area contributed by atoms with Crippen molar-refractivity contribution in [1.29, 1.82) is 0 Å². The summed E-state index contributed by atoms with van der Waals surface area (Å²) in [6.45, 7) is -0.367. The third-order valence-electron chi connectivity index (χ3n) is 5.16. The number of hydrogen-bond acceptors (Lipinski definition) is 4. The highest BCUT2D eigenvalue weighted by Gasteiger charge is 2.24. The maximum absolute atomic E-state index is 13.0. The Morgan fingerprint density at radius 1 is 1.24 bits per heavy atom. The van der Waals surface area contributed by atoms with Crippen LogP contribution in [0.25, 0.3) is 11.0 Å². The summed E-state index contributed by atoms with van der Waals surface area (Å²) < 4.78 is 39.0. The fraction of sp³-hybridized carbons (Fsp3) is 0.300. The van der Waals surface area contributed by atoms with Crippen LogP contribution in [0.5, 0.6) is 0 Å². The summed E-state index contributed by atoms with van der Waals surface area (Å²) in [4.78, 5) is 20.2. The van der Waals surface area contributed by atoms with E-state index in [0.29, 0.717) is 11.6 Å². The molecule has 2 aromatic carbocycles. The lowest BCUT2D eigenvalue weighted by Gasteiger charge is -2.22. The molecule has 1 fully saturated rings. The Labute approximate surface area is 168 Å². The Kier molecular flexibility index (Phi) is 5.10. The number of amides is 1. The molecule has 1 aliphatic rings. The first-order chi connectivity index (χ1) is 13.8. The number of benzene rings is 2. The average molecular weight is 416 g/mol. The molecule has 0 unspecified atom stereocenters. The molecule has 0 saturated heterocycles. The van der Waals surface area contributed by atoms with E-state index in [0.717, 1.165) is 46.1 Å². The number of carbonyl (C=O) groups is 1. The molecule has 9 heteroatoms. The van der Waals surface area contributed by atoms with Crippen molar-refractivity contribution >= 4 is 32.7 Å². The molecule has 0 spiro atoms. The molecule has 1 amide bonds. The maximum Gasteiger partial charge on any atom is 0.243 e. The number of imidazole rings is 1. The number of anilines is 1. The van der Waals surface area contributed by atoms with Crippen LogP contribution in [0, 0.1) is 5.82 Å². The number of nitrogens with one attached hydrogen (secondary N) is 2. The Morgan fingerprint density at radius 2 is 1.97 bits per heavy atom. The molecule has 1 heterocycles. The van der Waals surface area contributed by atoms with Crippen molar-refractivity contribution in [2.75, 3.05) is 18.9 Å². The molecule has 7 nitrogen and oxygen atoms in total. The van der Waals surface area contributed by atoms with Crippen LogP contribution in [0.1, 0.15) is 31.0 Å². The first kappa shape index (κ1) is 19.5. The van der Waals surface area contributed by atoms with E-state index in [9.17, 15) is 17.6 Å². The number of rotatable bonds is 6. The molecule has 1 aliphatic carbocycles. The molecule has 152 valence electrons. The van der Waals surface area contributed by atoms with Crippen LogP contribution in [0.3, 0.4) is 0 Å². The quantitative estimate of drug-likeness (QED) is 0.645. The van der Waals surface area contributed by atoms with Gasteiger partial charge in [0.15, 0.2) is 0 Å². The van der Waals surface area contributed by atoms with Crippen LogP contribution in [-0.2, 0) is 14.8 Å². The van der Waals surface area contributed by atoms with Crippen molar-refractivity contribution < 1.29 is 17.6 Å². The van der Waals surface area contributed by atoms with Gasteiger partial charge in [-0.25, -0.2) is 17.8 Å². The molecule has 1 aromatic heterocycles. The standard InChI is InChI=1S/C20H21FN4O3S/c1-25(29(27,28)16-8-5-14(21)6-9-16)12-19(26)22-15-7-10-17-18(11-15)24-20(23-17)13-3-2-4-13/h5-11,13H,2-4,12H2,1H3,(H,22,26)(H,23,24). The summed E-state index contributed by atoms with van der Waals surface area (Å²) in [5.41, 5.74) is 2.22. The van der Waals surface area contributed by atoms with E-state index in [2.05, 4.69) is 15.3 Å². The molecule has 29 heavy (non-hydrogen) atoms. The second-order valence-electron chi connectivity index (χ2n) is 7.24. The van der Waals surface area contributed by atoms with Gasteiger partial charge in [0.1, 0.15) is 11.6 Å². The zero-order chi connectivity index (χ0) is 20.6. The van der Waals surface area contributed by atoms with E-state index in [1.807, 2.05) is 6.07 Å². The highest BCUT2D eigenvalue weighted by atomic mass is 32.2. The molecule has 3 aromatic rings. The number of halogens is 1. The van der Waals surface area contributed by atoms with Gasteiger partial charge in [0, 0.05) is 18.7 Å². The van der Waals surface area contributed by atoms with Gasteiger partial charge >= 0.3 is 0 Å². The van der Waals surface area contributed by atoms with Crippen molar-refractivity contribution in [2.24, 2.45) is 0 Å². The van der Waals surface area contributed by atoms with Gasteiger partial charge < -0.3 is 10.3 Å². The maximum atomic E-state index is 13.0. The summed E-state index contributed by atoms with van der Waals surface area (Å²) in [5.74, 6) is 0.445. The van der Waals surface area contributed by atoms with Crippen molar-refractivity contribution in [2.45, 2.75) is 30.1 Å². The Balaban J connectivity index is 1.44. The minimum absolute atomic E-state index is 0.0726. The van der Waals surface area contributed by atoms with E-state index in [1.165, 1.54) is 25.6 Å². The molecular formula is C20H21FN4O3S. The topological polar surface area (TPSA) is 95.2 Å². The molecule has 4 rings (SSSR count). The van der Waals surface area contributed by atoms with Crippen LogP contribution in [0.4, 0.5) is 10.1 Å². The molecule has 0 aliphatic heterocycles. The fourth-order valence-electron chi connectivity index (χ4n) is 3.26. The molecular weight excluding hydrogens is 395 g/mol. The fourth-order valence-corrected chi connectivity index (χ4v) is 4.38. The Hall–Kier alpha value is -2.78. The lowest BCUT2D eigenvalue weighted by Crippen LogP contribution is -2.34. The van der Waals surface area contributed by atoms with Gasteiger partial charge in [-0.2, -0.15) is 4.31 Å². The van der Waals surface area contributed by atoms with Crippen LogP contribution in [-0.4, -0.2) is 42.2 Å². The average Bonchev–Trinajstić information content (AvgIpc) is 3.02. The summed E-state index contributed by atoms with van der Waals surface area (Å²) >= 11 is 0. The van der Waals surface area contributed by atoms with Crippen LogP contribution in [0.2, 0.25) is 0 Å². The summed E-state index contributed by atoms with van der Waals surface area (Å²) in [5, 5.41) is 2.71. The molecule has 0 radical (unpaired) electrons. The second kappa shape index (κ2) is 7.57. The van der Waals surface area contributed by atoms with Gasteiger partial charge in [0.25, 0.3) is 0 Å². The van der Waals surface area contributed by atoms with Crippen LogP contribution >= 0.6 is 0 Å². The lowest BCUT2D eigenvalue weighted by molar-refractivity contribution is -0.116. The molecule has 0 bridgehead atoms. The third-order valence-corrected chi connectivity index (χ3v) is 6.98. The lowest BCUT2D eigenvalue weighted by atomic mass is 9.85. The predicted octanol–water partition coefficient (Wildman–Crippen LogP) is 3.23. The third kappa shape index (κ3) is 4.01. The first-order valence-electron chi connectivity index (χ1n) is 9.34. The van der Waals surface area contributed by atoms with E-state index in [1.54, 1.807) is 12.1 Å². The number of likely N-dealkylation sites (N-methyl/N-ethyl adjacent to an activating group) is 1. The Bertz CT molecular complexity index is 1150. The zero-order valence-electron chi connectivity index (χ0n) is 15.9. The van der Waals surface area contributed by atoms with Crippen molar-refractivity contribution in [3.05, 3.63) is 54.1 Å². The van der Waals surface area contributed by atoms with Crippen molar-refractivity contribution in [3.63, 3.8) is 0 Å². The van der Waals surface area contributed by atoms with Crippen molar-refractivity contribution in [3.8, 4) is 0 Å². The SMILES string of the molecule is CN(CC(=O)Nc1ccc2nc(C3CCC3)[nH]c2c1)S(=O)(=O)c1ccc(F)cc1. The van der Waals surface area contributed by atoms with Gasteiger partial charge in [0.05, 0.1) is 22.5 Å². The number of aromatic nitrogens is 2. The van der Waals surface area contributed by atoms with Gasteiger partial charge in [0.2, 0.25) is 15.9 Å². The monoisotopic (exact) mass is 416 g/mol. The number of H-pyrrole nitrogens is 1. The minimum atomic E-state index is -3.89. The van der Waals surface area contributed by atoms with E-state index in [-0.39, 0.29) is 11.4 Å². The second-order valence-corrected chi connectivity index (χ2v) is 9.29. The van der Waals surface area contributed by atoms with E-state index >= 15 is 0 Å². The predicted molar refractivity (Wildman–Crippen MR) is 108 cm³/mol. The molecule has 0 atom stereocenters. The number of sulfonamides is 1. The van der Waals surface area contributed by atoms with Gasteiger partial charge in [-0.15, -0.1) is 0 Å². The number of nitrogens with zero attached hydrogens (tertiary/aromatic N) is 2. The largest absolute Gasteiger partial charge is 0.342 e. The van der Waals surface area contributed by atoms with E-state index < -0.39 is 21.7 Å². The molecule has 2 N–H and O–H groups in total. The molecule has 1 saturated carbocycles. The van der Waals surface area contributed by atoms with Crippen molar-refractivity contribution in [1.82, 2.24) is 14.3 Å². The van der Waals surface area contributed by atoms with Crippen LogP contribution < -0.4 is 5.32 Å². The number of carbonyl (C=O) groups excluding carboxylic acids is 1. The van der Waals surface area contributed by atoms with Gasteiger partial charge in [-0.1, -0.05) is 6.42 Å². The zero-order valence-corrected chi connectivity index (χ0v) is 16.7. The number of aromatic amines is 1. The summed E-state index contributed by atoms with van der Waals surface area (Å²) in [6.07, 6.45) is 3.49. The van der Waals surface area contributed by atoms with Crippen LogP contribution in [0.15, 0.2) is 47.4 Å². The normalized spacial score (nSPS) is 14.9. The Morgan fingerprint density at radius 3 is 2.62 bits per heavy atom. The highest BCUT2D eigenvalue weighted by molar-refractivity contribution is 7.89. The minimum Gasteiger partial charge on any atom is -0.342 e. The number of fused-ring (bicyclic) bond motifs is 1. The summed E-state index contributed by atoms with van der Waals surface area (Å²) in [7, 11) is -2.58. The van der Waals surface area contributed by atoms with Gasteiger partial charge in [-0.3, -0.25) is 4.79 Å². The van der Waals surface area contributed by atoms with Gasteiger partial charge in [-0.05, 0) is 55.3 Å². The first-order valence-corrected chi connectivity index (χ1v) is 10.8. The van der Waals surface area contributed by atoms with E-state index in [4.69, 9.17) is 0 Å².